The molecule has 0 spiro atoms. The summed E-state index contributed by atoms with van der Waals surface area (Å²) in [5.74, 6) is 0.185. The molecule has 0 aliphatic carbocycles. The summed E-state index contributed by atoms with van der Waals surface area (Å²) in [7, 11) is 0. The number of allylic oxidation sites excluding steroid dienone is 1. The minimum Gasteiger partial charge on any atom is -0.470 e. The van der Waals surface area contributed by atoms with Crippen LogP contribution >= 0.6 is 11.6 Å². The maximum Gasteiger partial charge on any atom is 0.258 e. The van der Waals surface area contributed by atoms with Crippen molar-refractivity contribution in [3.8, 4) is 5.88 Å². The molecule has 2 aromatic heterocycles. The van der Waals surface area contributed by atoms with Crippen molar-refractivity contribution in [1.29, 1.82) is 0 Å². The highest BCUT2D eigenvalue weighted by molar-refractivity contribution is 6.25. The summed E-state index contributed by atoms with van der Waals surface area (Å²) in [6, 6.07) is 6.20. The van der Waals surface area contributed by atoms with E-state index in [0.717, 1.165) is 27.7 Å². The van der Waals surface area contributed by atoms with Crippen molar-refractivity contribution in [3.05, 3.63) is 64.7 Å². The van der Waals surface area contributed by atoms with E-state index in [1.165, 1.54) is 17.7 Å². The third-order valence-corrected chi connectivity index (χ3v) is 4.26. The Hall–Kier alpha value is -2.40. The predicted octanol–water partition coefficient (Wildman–Crippen LogP) is 4.52. The minimum atomic E-state index is -0.270. The zero-order valence-electron chi connectivity index (χ0n) is 13.5. The second kappa shape index (κ2) is 7.01. The van der Waals surface area contributed by atoms with Crippen LogP contribution in [0.15, 0.2) is 42.1 Å². The summed E-state index contributed by atoms with van der Waals surface area (Å²) in [4.78, 5) is 0. The molecule has 0 atom stereocenters. The number of aryl methyl sites for hydroxylation is 1. The van der Waals surface area contributed by atoms with Gasteiger partial charge < -0.3 is 9.30 Å². The van der Waals surface area contributed by atoms with Crippen LogP contribution in [0.5, 0.6) is 5.88 Å². The number of fused-ring (bicyclic) bond motifs is 1. The Labute approximate surface area is 144 Å². The first-order valence-electron chi connectivity index (χ1n) is 7.55. The van der Waals surface area contributed by atoms with E-state index in [-0.39, 0.29) is 5.82 Å². The van der Waals surface area contributed by atoms with E-state index < -0.39 is 0 Å². The van der Waals surface area contributed by atoms with Gasteiger partial charge in [-0.05, 0) is 37.1 Å². The lowest BCUT2D eigenvalue weighted by Crippen LogP contribution is -2.03. The van der Waals surface area contributed by atoms with Gasteiger partial charge in [0.1, 0.15) is 17.9 Å². The molecule has 0 radical (unpaired) electrons. The monoisotopic (exact) mass is 345 g/mol. The fourth-order valence-corrected chi connectivity index (χ4v) is 2.75. The van der Waals surface area contributed by atoms with Gasteiger partial charge in [-0.2, -0.15) is 5.10 Å². The molecule has 124 valence electrons. The Morgan fingerprint density at radius 2 is 2.00 bits per heavy atom. The lowest BCUT2D eigenvalue weighted by atomic mass is 10.2. The first-order valence-corrected chi connectivity index (χ1v) is 7.99. The molecule has 0 aliphatic rings. The minimum absolute atomic E-state index is 0.270. The van der Waals surface area contributed by atoms with E-state index >= 15 is 0 Å². The number of rotatable bonds is 5. The second-order valence-electron chi connectivity index (χ2n) is 5.51. The molecule has 0 bridgehead atoms. The van der Waals surface area contributed by atoms with Crippen LogP contribution < -0.4 is 4.74 Å². The summed E-state index contributed by atoms with van der Waals surface area (Å²) in [6.45, 7) is 5.01. The molecule has 1 aromatic carbocycles. The summed E-state index contributed by atoms with van der Waals surface area (Å²) >= 11 is 5.67. The highest BCUT2D eigenvalue weighted by atomic mass is 35.5. The number of ether oxygens (including phenoxy) is 1. The van der Waals surface area contributed by atoms with Crippen LogP contribution in [0.3, 0.4) is 0 Å². The molecule has 0 amide bonds. The zero-order chi connectivity index (χ0) is 17.1. The standard InChI is InChI=1S/C18H17ClFN3O/c1-12-13(2)23(9-3-8-19)17-16(12)10-21-22-18(17)24-11-14-4-6-15(20)7-5-14/h3-8,10H,9,11H2,1-2H3. The molecule has 4 nitrogen and oxygen atoms in total. The number of hydrogen-bond donors (Lipinski definition) is 0. The summed E-state index contributed by atoms with van der Waals surface area (Å²) < 4.78 is 20.9. The summed E-state index contributed by atoms with van der Waals surface area (Å²) in [5, 5.41) is 9.18. The Bertz CT molecular complexity index is 887. The molecule has 0 aliphatic heterocycles. The molecule has 3 rings (SSSR count). The average molecular weight is 346 g/mol. The Kier molecular flexibility index (Phi) is 4.81. The molecule has 0 unspecified atom stereocenters. The Morgan fingerprint density at radius 1 is 1.25 bits per heavy atom. The molecule has 24 heavy (non-hydrogen) atoms. The van der Waals surface area contributed by atoms with Gasteiger partial charge in [-0.1, -0.05) is 29.8 Å². The van der Waals surface area contributed by atoms with E-state index in [2.05, 4.69) is 14.8 Å². The molecule has 0 saturated heterocycles. The van der Waals surface area contributed by atoms with E-state index in [1.807, 2.05) is 19.9 Å². The smallest absolute Gasteiger partial charge is 0.258 e. The van der Waals surface area contributed by atoms with Gasteiger partial charge in [0.25, 0.3) is 5.88 Å². The van der Waals surface area contributed by atoms with E-state index in [4.69, 9.17) is 16.3 Å². The predicted molar refractivity (Wildman–Crippen MR) is 92.7 cm³/mol. The first kappa shape index (κ1) is 16.5. The van der Waals surface area contributed by atoms with Crippen molar-refractivity contribution >= 4 is 22.5 Å². The van der Waals surface area contributed by atoms with Crippen LogP contribution in [0, 0.1) is 19.7 Å². The van der Waals surface area contributed by atoms with Crippen molar-refractivity contribution in [3.63, 3.8) is 0 Å². The highest BCUT2D eigenvalue weighted by Gasteiger charge is 2.16. The number of benzene rings is 1. The largest absolute Gasteiger partial charge is 0.470 e. The van der Waals surface area contributed by atoms with Gasteiger partial charge in [0.05, 0.1) is 6.20 Å². The maximum absolute atomic E-state index is 13.0. The molecule has 3 aromatic rings. The lowest BCUT2D eigenvalue weighted by Gasteiger charge is -2.10. The zero-order valence-corrected chi connectivity index (χ0v) is 14.2. The molecule has 0 fully saturated rings. The fourth-order valence-electron chi connectivity index (χ4n) is 2.67. The van der Waals surface area contributed by atoms with Crippen LogP contribution in [-0.2, 0) is 13.2 Å². The molecular formula is C18H17ClFN3O. The quantitative estimate of drug-likeness (QED) is 0.682. The van der Waals surface area contributed by atoms with Crippen LogP contribution in [-0.4, -0.2) is 14.8 Å². The van der Waals surface area contributed by atoms with E-state index in [9.17, 15) is 4.39 Å². The third-order valence-electron chi connectivity index (χ3n) is 4.08. The van der Waals surface area contributed by atoms with Crippen LogP contribution in [0.1, 0.15) is 16.8 Å². The molecule has 0 saturated carbocycles. The lowest BCUT2D eigenvalue weighted by molar-refractivity contribution is 0.293. The SMILES string of the molecule is Cc1c(C)n(CC=CCl)c2c(OCc3ccc(F)cc3)nncc12. The highest BCUT2D eigenvalue weighted by Crippen LogP contribution is 2.30. The fraction of sp³-hybridized carbons (Fsp3) is 0.222. The Morgan fingerprint density at radius 3 is 2.71 bits per heavy atom. The summed E-state index contributed by atoms with van der Waals surface area (Å²) in [6.07, 6.45) is 3.60. The van der Waals surface area contributed by atoms with Gasteiger partial charge in [-0.15, -0.1) is 5.10 Å². The first-order chi connectivity index (χ1) is 11.6. The topological polar surface area (TPSA) is 39.9 Å². The van der Waals surface area contributed by atoms with E-state index in [0.29, 0.717) is 19.0 Å². The van der Waals surface area contributed by atoms with Crippen molar-refractivity contribution in [2.45, 2.75) is 27.0 Å². The van der Waals surface area contributed by atoms with Crippen LogP contribution in [0.2, 0.25) is 0 Å². The molecule has 0 N–H and O–H groups in total. The maximum atomic E-state index is 13.0. The van der Waals surface area contributed by atoms with Crippen molar-refractivity contribution in [2.24, 2.45) is 0 Å². The second-order valence-corrected chi connectivity index (χ2v) is 5.76. The van der Waals surface area contributed by atoms with Crippen LogP contribution in [0.25, 0.3) is 10.9 Å². The van der Waals surface area contributed by atoms with Gasteiger partial charge in [0.15, 0.2) is 0 Å². The Balaban J connectivity index is 1.98. The van der Waals surface area contributed by atoms with Gasteiger partial charge in [0, 0.05) is 23.2 Å². The van der Waals surface area contributed by atoms with Gasteiger partial charge in [0.2, 0.25) is 0 Å². The van der Waals surface area contributed by atoms with E-state index in [1.54, 1.807) is 18.3 Å². The van der Waals surface area contributed by atoms with Gasteiger partial charge >= 0.3 is 0 Å². The number of aromatic nitrogens is 3. The average Bonchev–Trinajstić information content (AvgIpc) is 2.84. The summed E-state index contributed by atoms with van der Waals surface area (Å²) in [5.41, 5.74) is 5.49. The molecular weight excluding hydrogens is 329 g/mol. The number of nitrogens with zero attached hydrogens (tertiary/aromatic N) is 3. The molecule has 2 heterocycles. The normalized spacial score (nSPS) is 11.5. The molecule has 6 heteroatoms. The van der Waals surface area contributed by atoms with Gasteiger partial charge in [-0.3, -0.25) is 0 Å². The van der Waals surface area contributed by atoms with Crippen molar-refractivity contribution in [1.82, 2.24) is 14.8 Å². The van der Waals surface area contributed by atoms with Crippen molar-refractivity contribution in [2.75, 3.05) is 0 Å². The number of hydrogen-bond acceptors (Lipinski definition) is 3. The number of halogens is 2. The van der Waals surface area contributed by atoms with Crippen LogP contribution in [0.4, 0.5) is 4.39 Å². The van der Waals surface area contributed by atoms with Crippen molar-refractivity contribution < 1.29 is 9.13 Å². The van der Waals surface area contributed by atoms with Gasteiger partial charge in [-0.25, -0.2) is 4.39 Å². The third kappa shape index (κ3) is 3.12.